The molecule has 2 N–H and O–H groups in total. The average molecular weight is 152 g/mol. The van der Waals surface area contributed by atoms with E-state index in [0.717, 1.165) is 5.56 Å². The molecule has 0 radical (unpaired) electrons. The molecule has 0 aliphatic heterocycles. The first-order valence-electron chi connectivity index (χ1n) is 3.23. The smallest absolute Gasteiger partial charge is 0.212 e. The van der Waals surface area contributed by atoms with Crippen molar-refractivity contribution in [2.75, 3.05) is 0 Å². The molecule has 11 heavy (non-hydrogen) atoms. The first-order valence-corrected chi connectivity index (χ1v) is 3.23. The van der Waals surface area contributed by atoms with E-state index in [2.05, 4.69) is 11.6 Å². The van der Waals surface area contributed by atoms with Gasteiger partial charge in [0.1, 0.15) is 0 Å². The standard InChI is InChI=1S/C8H9FN2/c1-2-7(10)6-3-4-8(9)11-5-6/h2-5,7H,1,10H2/t7-/m1/s1. The van der Waals surface area contributed by atoms with Gasteiger partial charge in [-0.25, -0.2) is 4.98 Å². The predicted molar refractivity (Wildman–Crippen MR) is 41.3 cm³/mol. The van der Waals surface area contributed by atoms with Crippen LogP contribution in [0, 0.1) is 5.95 Å². The quantitative estimate of drug-likeness (QED) is 0.514. The van der Waals surface area contributed by atoms with Crippen molar-refractivity contribution in [2.24, 2.45) is 5.73 Å². The minimum Gasteiger partial charge on any atom is -0.321 e. The van der Waals surface area contributed by atoms with Gasteiger partial charge < -0.3 is 5.73 Å². The van der Waals surface area contributed by atoms with Crippen LogP contribution in [0.4, 0.5) is 4.39 Å². The van der Waals surface area contributed by atoms with Gasteiger partial charge in [-0.3, -0.25) is 0 Å². The minimum absolute atomic E-state index is 0.261. The SMILES string of the molecule is C=C[C@@H](N)c1ccc(F)nc1. The van der Waals surface area contributed by atoms with Gasteiger partial charge in [-0.2, -0.15) is 4.39 Å². The molecule has 0 fully saturated rings. The molecule has 0 aromatic carbocycles. The van der Waals surface area contributed by atoms with Gasteiger partial charge in [-0.05, 0) is 11.6 Å². The molecule has 3 heteroatoms. The lowest BCUT2D eigenvalue weighted by Gasteiger charge is -2.03. The van der Waals surface area contributed by atoms with Crippen LogP contribution in [-0.4, -0.2) is 4.98 Å². The summed E-state index contributed by atoms with van der Waals surface area (Å²) in [7, 11) is 0. The lowest BCUT2D eigenvalue weighted by molar-refractivity contribution is 0.581. The van der Waals surface area contributed by atoms with E-state index in [1.54, 1.807) is 12.1 Å². The maximum Gasteiger partial charge on any atom is 0.212 e. The van der Waals surface area contributed by atoms with Crippen LogP contribution < -0.4 is 5.73 Å². The van der Waals surface area contributed by atoms with Gasteiger partial charge in [0.2, 0.25) is 5.95 Å². The van der Waals surface area contributed by atoms with E-state index in [1.165, 1.54) is 12.3 Å². The van der Waals surface area contributed by atoms with E-state index >= 15 is 0 Å². The number of pyridine rings is 1. The molecule has 0 amide bonds. The summed E-state index contributed by atoms with van der Waals surface area (Å²) in [6.45, 7) is 3.51. The molecule has 58 valence electrons. The Morgan fingerprint density at radius 1 is 1.64 bits per heavy atom. The third-order valence-electron chi connectivity index (χ3n) is 1.39. The maximum absolute atomic E-state index is 12.3. The van der Waals surface area contributed by atoms with E-state index in [9.17, 15) is 4.39 Å². The van der Waals surface area contributed by atoms with Gasteiger partial charge in [0.05, 0.1) is 0 Å². The van der Waals surface area contributed by atoms with Crippen LogP contribution in [0.25, 0.3) is 0 Å². The minimum atomic E-state index is -0.495. The number of nitrogens with zero attached hydrogens (tertiary/aromatic N) is 1. The molecular formula is C8H9FN2. The zero-order chi connectivity index (χ0) is 8.27. The Morgan fingerprint density at radius 2 is 2.36 bits per heavy atom. The Hall–Kier alpha value is -1.22. The summed E-state index contributed by atoms with van der Waals surface area (Å²) < 4.78 is 12.3. The van der Waals surface area contributed by atoms with Crippen LogP contribution in [0.5, 0.6) is 0 Å². The molecule has 0 saturated heterocycles. The summed E-state index contributed by atoms with van der Waals surface area (Å²) in [6.07, 6.45) is 2.98. The van der Waals surface area contributed by atoms with Crippen molar-refractivity contribution < 1.29 is 4.39 Å². The Labute approximate surface area is 64.6 Å². The molecular weight excluding hydrogens is 143 g/mol. The monoisotopic (exact) mass is 152 g/mol. The van der Waals surface area contributed by atoms with Crippen molar-refractivity contribution >= 4 is 0 Å². The highest BCUT2D eigenvalue weighted by Crippen LogP contribution is 2.08. The summed E-state index contributed by atoms with van der Waals surface area (Å²) in [5.74, 6) is -0.495. The van der Waals surface area contributed by atoms with Gasteiger partial charge in [-0.15, -0.1) is 6.58 Å². The van der Waals surface area contributed by atoms with Crippen molar-refractivity contribution in [3.05, 3.63) is 42.5 Å². The van der Waals surface area contributed by atoms with Crippen LogP contribution in [0.1, 0.15) is 11.6 Å². The zero-order valence-corrected chi connectivity index (χ0v) is 6.00. The van der Waals surface area contributed by atoms with Crippen molar-refractivity contribution in [1.29, 1.82) is 0 Å². The lowest BCUT2D eigenvalue weighted by atomic mass is 10.1. The molecule has 2 nitrogen and oxygen atoms in total. The van der Waals surface area contributed by atoms with E-state index in [0.29, 0.717) is 0 Å². The summed E-state index contributed by atoms with van der Waals surface area (Å²) in [5.41, 5.74) is 6.33. The van der Waals surface area contributed by atoms with E-state index in [1.807, 2.05) is 0 Å². The summed E-state index contributed by atoms with van der Waals surface area (Å²) >= 11 is 0. The molecule has 1 aromatic rings. The largest absolute Gasteiger partial charge is 0.321 e. The lowest BCUT2D eigenvalue weighted by Crippen LogP contribution is -2.06. The van der Waals surface area contributed by atoms with Crippen molar-refractivity contribution in [2.45, 2.75) is 6.04 Å². The highest BCUT2D eigenvalue weighted by Gasteiger charge is 2.00. The average Bonchev–Trinajstić information content (AvgIpc) is 2.05. The molecule has 0 spiro atoms. The van der Waals surface area contributed by atoms with Crippen molar-refractivity contribution in [3.8, 4) is 0 Å². The van der Waals surface area contributed by atoms with Gasteiger partial charge >= 0.3 is 0 Å². The van der Waals surface area contributed by atoms with Crippen LogP contribution >= 0.6 is 0 Å². The molecule has 0 aliphatic rings. The van der Waals surface area contributed by atoms with Gasteiger partial charge in [0, 0.05) is 12.2 Å². The molecule has 1 rings (SSSR count). The summed E-state index contributed by atoms with van der Waals surface area (Å²) in [4.78, 5) is 3.45. The second kappa shape index (κ2) is 3.25. The van der Waals surface area contributed by atoms with Gasteiger partial charge in [-0.1, -0.05) is 12.1 Å². The second-order valence-electron chi connectivity index (χ2n) is 2.18. The molecule has 0 saturated carbocycles. The topological polar surface area (TPSA) is 38.9 Å². The normalized spacial score (nSPS) is 12.5. The Balaban J connectivity index is 2.89. The van der Waals surface area contributed by atoms with Crippen molar-refractivity contribution in [1.82, 2.24) is 4.98 Å². The predicted octanol–water partition coefficient (Wildman–Crippen LogP) is 1.41. The highest BCUT2D eigenvalue weighted by atomic mass is 19.1. The fourth-order valence-electron chi connectivity index (χ4n) is 0.721. The van der Waals surface area contributed by atoms with Crippen LogP contribution in [0.3, 0.4) is 0 Å². The van der Waals surface area contributed by atoms with E-state index < -0.39 is 5.95 Å². The van der Waals surface area contributed by atoms with E-state index in [4.69, 9.17) is 5.73 Å². The van der Waals surface area contributed by atoms with Crippen LogP contribution in [-0.2, 0) is 0 Å². The van der Waals surface area contributed by atoms with Gasteiger partial charge in [0.15, 0.2) is 0 Å². The third-order valence-corrected chi connectivity index (χ3v) is 1.39. The molecule has 1 atom stereocenters. The Kier molecular flexibility index (Phi) is 2.33. The fraction of sp³-hybridized carbons (Fsp3) is 0.125. The fourth-order valence-corrected chi connectivity index (χ4v) is 0.721. The van der Waals surface area contributed by atoms with Crippen LogP contribution in [0.15, 0.2) is 31.0 Å². The molecule has 1 aromatic heterocycles. The first kappa shape index (κ1) is 7.88. The highest BCUT2D eigenvalue weighted by molar-refractivity contribution is 5.17. The Bertz CT molecular complexity index is 243. The number of halogens is 1. The molecule has 0 bridgehead atoms. The molecule has 0 aliphatic carbocycles. The second-order valence-corrected chi connectivity index (χ2v) is 2.18. The number of rotatable bonds is 2. The zero-order valence-electron chi connectivity index (χ0n) is 6.00. The van der Waals surface area contributed by atoms with E-state index in [-0.39, 0.29) is 6.04 Å². The summed E-state index contributed by atoms with van der Waals surface area (Å²) in [5, 5.41) is 0. The number of aromatic nitrogens is 1. The first-order chi connectivity index (χ1) is 5.24. The number of nitrogens with two attached hydrogens (primary N) is 1. The third kappa shape index (κ3) is 1.85. The number of hydrogen-bond donors (Lipinski definition) is 1. The Morgan fingerprint density at radius 3 is 2.82 bits per heavy atom. The van der Waals surface area contributed by atoms with Crippen LogP contribution in [0.2, 0.25) is 0 Å². The van der Waals surface area contributed by atoms with Gasteiger partial charge in [0.25, 0.3) is 0 Å². The van der Waals surface area contributed by atoms with Crippen molar-refractivity contribution in [3.63, 3.8) is 0 Å². The number of hydrogen-bond acceptors (Lipinski definition) is 2. The summed E-state index contributed by atoms with van der Waals surface area (Å²) in [6, 6.07) is 2.61. The maximum atomic E-state index is 12.3. The molecule has 0 unspecified atom stereocenters. The molecule has 1 heterocycles.